The molecule has 0 atom stereocenters. The lowest BCUT2D eigenvalue weighted by Gasteiger charge is -2.17. The van der Waals surface area contributed by atoms with E-state index < -0.39 is 0 Å². The Kier molecular flexibility index (Phi) is 3.16. The Morgan fingerprint density at radius 1 is 0.778 bits per heavy atom. The maximum absolute atomic E-state index is 6.12. The van der Waals surface area contributed by atoms with E-state index in [1.807, 2.05) is 0 Å². The van der Waals surface area contributed by atoms with Crippen LogP contribution in [-0.4, -0.2) is 0 Å². The lowest BCUT2D eigenvalue weighted by Crippen LogP contribution is -1.99. The molecular weight excluding hydrogens is 218 g/mol. The Balaban J connectivity index is 2.82. The second-order valence-electron chi connectivity index (χ2n) is 5.23. The van der Waals surface area contributed by atoms with Crippen molar-refractivity contribution in [1.29, 1.82) is 0 Å². The summed E-state index contributed by atoms with van der Waals surface area (Å²) in [5.74, 6) is 0. The predicted octanol–water partition coefficient (Wildman–Crippen LogP) is 4.48. The normalized spacial score (nSPS) is 10.7. The standard InChI is InChI=1S/C17H21N/c1-10-6-7-11(2)15(8-10)17-13(4)12(3)9-16(18)14(17)5/h6-9H,18H2,1-5H3. The molecule has 1 heteroatoms. The highest BCUT2D eigenvalue weighted by Gasteiger charge is 2.12. The Morgan fingerprint density at radius 2 is 1.44 bits per heavy atom. The van der Waals surface area contributed by atoms with Gasteiger partial charge in [-0.1, -0.05) is 23.8 Å². The molecule has 0 aromatic heterocycles. The molecule has 0 aliphatic carbocycles. The second-order valence-corrected chi connectivity index (χ2v) is 5.23. The summed E-state index contributed by atoms with van der Waals surface area (Å²) in [6.07, 6.45) is 0. The molecule has 94 valence electrons. The van der Waals surface area contributed by atoms with E-state index in [-0.39, 0.29) is 0 Å². The fourth-order valence-electron chi connectivity index (χ4n) is 2.48. The van der Waals surface area contributed by atoms with Crippen molar-refractivity contribution in [3.63, 3.8) is 0 Å². The fraction of sp³-hybridized carbons (Fsp3) is 0.294. The van der Waals surface area contributed by atoms with Gasteiger partial charge in [0.05, 0.1) is 0 Å². The summed E-state index contributed by atoms with van der Waals surface area (Å²) >= 11 is 0. The van der Waals surface area contributed by atoms with Gasteiger partial charge in [-0.25, -0.2) is 0 Å². The van der Waals surface area contributed by atoms with Crippen LogP contribution in [0.1, 0.15) is 27.8 Å². The first kappa shape index (κ1) is 12.7. The van der Waals surface area contributed by atoms with Gasteiger partial charge in [0.2, 0.25) is 0 Å². The highest BCUT2D eigenvalue weighted by Crippen LogP contribution is 2.35. The number of nitrogen functional groups attached to an aromatic ring is 1. The van der Waals surface area contributed by atoms with Crippen molar-refractivity contribution < 1.29 is 0 Å². The average molecular weight is 239 g/mol. The molecule has 0 heterocycles. The third kappa shape index (κ3) is 2.01. The molecule has 0 radical (unpaired) electrons. The Labute approximate surface area is 110 Å². The Bertz CT molecular complexity index is 583. The molecule has 2 N–H and O–H groups in total. The van der Waals surface area contributed by atoms with Gasteiger partial charge in [0.15, 0.2) is 0 Å². The van der Waals surface area contributed by atoms with Gasteiger partial charge in [0.1, 0.15) is 0 Å². The topological polar surface area (TPSA) is 26.0 Å². The Morgan fingerprint density at radius 3 is 2.11 bits per heavy atom. The summed E-state index contributed by atoms with van der Waals surface area (Å²) in [6.45, 7) is 10.7. The fourth-order valence-corrected chi connectivity index (χ4v) is 2.48. The third-order valence-corrected chi connectivity index (χ3v) is 3.81. The van der Waals surface area contributed by atoms with Crippen molar-refractivity contribution in [2.75, 3.05) is 5.73 Å². The van der Waals surface area contributed by atoms with Gasteiger partial charge < -0.3 is 5.73 Å². The van der Waals surface area contributed by atoms with Gasteiger partial charge in [-0.15, -0.1) is 0 Å². The first-order valence-electron chi connectivity index (χ1n) is 6.35. The van der Waals surface area contributed by atoms with Gasteiger partial charge in [0, 0.05) is 5.69 Å². The van der Waals surface area contributed by atoms with E-state index in [0.717, 1.165) is 5.69 Å². The van der Waals surface area contributed by atoms with Crippen LogP contribution in [0.4, 0.5) is 5.69 Å². The number of hydrogen-bond donors (Lipinski definition) is 1. The molecule has 0 spiro atoms. The van der Waals surface area contributed by atoms with Gasteiger partial charge in [-0.2, -0.15) is 0 Å². The highest BCUT2D eigenvalue weighted by molar-refractivity contribution is 5.79. The lowest BCUT2D eigenvalue weighted by molar-refractivity contribution is 1.28. The number of nitrogens with two attached hydrogens (primary N) is 1. The average Bonchev–Trinajstić information content (AvgIpc) is 2.31. The largest absolute Gasteiger partial charge is 0.398 e. The van der Waals surface area contributed by atoms with E-state index in [0.29, 0.717) is 0 Å². The zero-order valence-corrected chi connectivity index (χ0v) is 11.9. The van der Waals surface area contributed by atoms with Crippen LogP contribution in [0.2, 0.25) is 0 Å². The van der Waals surface area contributed by atoms with Gasteiger partial charge in [-0.3, -0.25) is 0 Å². The van der Waals surface area contributed by atoms with Crippen LogP contribution >= 0.6 is 0 Å². The van der Waals surface area contributed by atoms with Crippen LogP contribution < -0.4 is 5.73 Å². The minimum atomic E-state index is 0.883. The molecule has 0 aliphatic heterocycles. The van der Waals surface area contributed by atoms with E-state index >= 15 is 0 Å². The van der Waals surface area contributed by atoms with Gasteiger partial charge in [-0.05, 0) is 74.1 Å². The SMILES string of the molecule is Cc1ccc(C)c(-c2c(C)c(C)cc(N)c2C)c1. The number of aryl methyl sites for hydroxylation is 3. The van der Waals surface area contributed by atoms with Gasteiger partial charge >= 0.3 is 0 Å². The molecule has 0 unspecified atom stereocenters. The zero-order valence-electron chi connectivity index (χ0n) is 11.9. The van der Waals surface area contributed by atoms with E-state index in [1.165, 1.54) is 38.9 Å². The first-order valence-corrected chi connectivity index (χ1v) is 6.35. The quantitative estimate of drug-likeness (QED) is 0.730. The molecule has 0 saturated carbocycles. The molecule has 0 saturated heterocycles. The minimum Gasteiger partial charge on any atom is -0.398 e. The van der Waals surface area contributed by atoms with E-state index in [4.69, 9.17) is 5.73 Å². The van der Waals surface area contributed by atoms with Crippen molar-refractivity contribution in [2.24, 2.45) is 0 Å². The summed E-state index contributed by atoms with van der Waals surface area (Å²) in [6, 6.07) is 8.66. The molecule has 2 aromatic carbocycles. The molecule has 2 rings (SSSR count). The number of rotatable bonds is 1. The van der Waals surface area contributed by atoms with E-state index in [1.54, 1.807) is 0 Å². The maximum atomic E-state index is 6.12. The lowest BCUT2D eigenvalue weighted by atomic mass is 9.88. The molecule has 1 nitrogen and oxygen atoms in total. The number of hydrogen-bond acceptors (Lipinski definition) is 1. The van der Waals surface area contributed by atoms with Crippen LogP contribution in [0.3, 0.4) is 0 Å². The first-order chi connectivity index (χ1) is 8.41. The smallest absolute Gasteiger partial charge is 0.0352 e. The second kappa shape index (κ2) is 4.49. The van der Waals surface area contributed by atoms with E-state index in [9.17, 15) is 0 Å². The summed E-state index contributed by atoms with van der Waals surface area (Å²) in [4.78, 5) is 0. The molecule has 0 fully saturated rings. The van der Waals surface area contributed by atoms with Crippen LogP contribution in [0, 0.1) is 34.6 Å². The minimum absolute atomic E-state index is 0.883. The van der Waals surface area contributed by atoms with Crippen LogP contribution in [-0.2, 0) is 0 Å². The monoisotopic (exact) mass is 239 g/mol. The molecular formula is C17H21N. The molecule has 0 bridgehead atoms. The predicted molar refractivity (Wildman–Crippen MR) is 80.0 cm³/mol. The van der Waals surface area contributed by atoms with Crippen LogP contribution in [0.5, 0.6) is 0 Å². The maximum Gasteiger partial charge on any atom is 0.0352 e. The summed E-state index contributed by atoms with van der Waals surface area (Å²) < 4.78 is 0. The summed E-state index contributed by atoms with van der Waals surface area (Å²) in [7, 11) is 0. The van der Waals surface area contributed by atoms with Crippen LogP contribution in [0.15, 0.2) is 24.3 Å². The van der Waals surface area contributed by atoms with Crippen molar-refractivity contribution in [3.8, 4) is 11.1 Å². The third-order valence-electron chi connectivity index (χ3n) is 3.81. The Hall–Kier alpha value is -1.76. The van der Waals surface area contributed by atoms with Crippen molar-refractivity contribution in [1.82, 2.24) is 0 Å². The van der Waals surface area contributed by atoms with E-state index in [2.05, 4.69) is 58.9 Å². The number of anilines is 1. The molecule has 18 heavy (non-hydrogen) atoms. The van der Waals surface area contributed by atoms with Crippen molar-refractivity contribution >= 4 is 5.69 Å². The van der Waals surface area contributed by atoms with Crippen molar-refractivity contribution in [2.45, 2.75) is 34.6 Å². The van der Waals surface area contributed by atoms with Crippen molar-refractivity contribution in [3.05, 3.63) is 52.1 Å². The molecule has 0 aliphatic rings. The zero-order chi connectivity index (χ0) is 13.4. The molecule has 0 amide bonds. The van der Waals surface area contributed by atoms with Gasteiger partial charge in [0.25, 0.3) is 0 Å². The van der Waals surface area contributed by atoms with Crippen LogP contribution in [0.25, 0.3) is 11.1 Å². The highest BCUT2D eigenvalue weighted by atomic mass is 14.6. The summed E-state index contributed by atoms with van der Waals surface area (Å²) in [5, 5.41) is 0. The molecule has 2 aromatic rings. The number of benzene rings is 2. The summed E-state index contributed by atoms with van der Waals surface area (Å²) in [5.41, 5.74) is 16.0.